The third-order valence-corrected chi connectivity index (χ3v) is 4.31. The molecule has 1 aromatic rings. The van der Waals surface area contributed by atoms with Gasteiger partial charge >= 0.3 is 6.18 Å². The normalized spacial score (nSPS) is 12.0. The van der Waals surface area contributed by atoms with Gasteiger partial charge in [-0.1, -0.05) is 18.5 Å². The van der Waals surface area contributed by atoms with Crippen molar-refractivity contribution in [1.82, 2.24) is 10.0 Å². The van der Waals surface area contributed by atoms with Gasteiger partial charge in [0.15, 0.2) is 0 Å². The van der Waals surface area contributed by atoms with Crippen molar-refractivity contribution in [3.05, 3.63) is 28.8 Å². The number of hydrogen-bond acceptors (Lipinski definition) is 3. The summed E-state index contributed by atoms with van der Waals surface area (Å²) in [5.74, 6) is 0. The Morgan fingerprint density at radius 2 is 1.82 bits per heavy atom. The van der Waals surface area contributed by atoms with E-state index in [2.05, 4.69) is 10.0 Å². The number of rotatable bonds is 7. The Bertz CT molecular complexity index is 580. The first-order valence-electron chi connectivity index (χ1n) is 6.25. The van der Waals surface area contributed by atoms with Gasteiger partial charge in [0, 0.05) is 18.1 Å². The van der Waals surface area contributed by atoms with Gasteiger partial charge in [-0.15, -0.1) is 12.4 Å². The van der Waals surface area contributed by atoms with Gasteiger partial charge in [0.2, 0.25) is 10.0 Å². The maximum atomic E-state index is 12.9. The molecule has 0 spiro atoms. The third-order valence-electron chi connectivity index (χ3n) is 2.56. The predicted molar refractivity (Wildman–Crippen MR) is 82.1 cm³/mol. The minimum atomic E-state index is -4.80. The molecule has 0 unspecified atom stereocenters. The van der Waals surface area contributed by atoms with Crippen LogP contribution in [-0.4, -0.2) is 28.1 Å². The van der Waals surface area contributed by atoms with E-state index in [1.807, 2.05) is 6.92 Å². The fourth-order valence-corrected chi connectivity index (χ4v) is 3.02. The Morgan fingerprint density at radius 3 is 2.36 bits per heavy atom. The molecule has 0 aliphatic rings. The van der Waals surface area contributed by atoms with E-state index in [-0.39, 0.29) is 24.0 Å². The molecule has 22 heavy (non-hydrogen) atoms. The summed E-state index contributed by atoms with van der Waals surface area (Å²) in [4.78, 5) is -0.824. The molecule has 0 atom stereocenters. The van der Waals surface area contributed by atoms with Gasteiger partial charge in [-0.05, 0) is 31.2 Å². The first-order valence-corrected chi connectivity index (χ1v) is 8.11. The summed E-state index contributed by atoms with van der Waals surface area (Å²) in [7, 11) is -4.25. The molecule has 0 bridgehead atoms. The van der Waals surface area contributed by atoms with Crippen LogP contribution in [0.2, 0.25) is 5.02 Å². The molecule has 0 fully saturated rings. The molecule has 0 aliphatic carbocycles. The highest BCUT2D eigenvalue weighted by molar-refractivity contribution is 7.89. The Morgan fingerprint density at radius 1 is 1.18 bits per heavy atom. The number of alkyl halides is 3. The SMILES string of the molecule is CCCNCCNS(=O)(=O)c1ccc(Cl)cc1C(F)(F)F.Cl. The molecule has 0 aliphatic heterocycles. The van der Waals surface area contributed by atoms with Crippen molar-refractivity contribution in [3.63, 3.8) is 0 Å². The standard InChI is InChI=1S/C12H16ClF3N2O2S.ClH/c1-2-5-17-6-7-18-21(19,20)11-4-3-9(13)8-10(11)12(14,15)16;/h3-4,8,17-18H,2,5-7H2,1H3;1H. The molecule has 0 amide bonds. The Balaban J connectivity index is 0.00000441. The van der Waals surface area contributed by atoms with Gasteiger partial charge < -0.3 is 5.32 Å². The van der Waals surface area contributed by atoms with Crippen molar-refractivity contribution >= 4 is 34.0 Å². The van der Waals surface area contributed by atoms with E-state index >= 15 is 0 Å². The summed E-state index contributed by atoms with van der Waals surface area (Å²) in [5.41, 5.74) is -1.27. The molecule has 1 rings (SSSR count). The smallest absolute Gasteiger partial charge is 0.315 e. The van der Waals surface area contributed by atoms with Crippen molar-refractivity contribution < 1.29 is 21.6 Å². The summed E-state index contributed by atoms with van der Waals surface area (Å²) in [5, 5.41) is 2.77. The first kappa shape index (κ1) is 21.5. The predicted octanol–water partition coefficient (Wildman–Crippen LogP) is 3.06. The van der Waals surface area contributed by atoms with Crippen molar-refractivity contribution in [2.45, 2.75) is 24.4 Å². The molecule has 0 aromatic heterocycles. The Labute approximate surface area is 138 Å². The molecular weight excluding hydrogens is 364 g/mol. The number of nitrogens with one attached hydrogen (secondary N) is 2. The second-order valence-electron chi connectivity index (χ2n) is 4.29. The molecule has 10 heteroatoms. The Kier molecular flexibility index (Phi) is 8.71. The largest absolute Gasteiger partial charge is 0.417 e. The monoisotopic (exact) mass is 380 g/mol. The lowest BCUT2D eigenvalue weighted by Crippen LogP contribution is -2.33. The van der Waals surface area contributed by atoms with Gasteiger partial charge in [-0.2, -0.15) is 13.2 Å². The summed E-state index contributed by atoms with van der Waals surface area (Å²) < 4.78 is 64.7. The van der Waals surface area contributed by atoms with Crippen LogP contribution in [0.25, 0.3) is 0 Å². The fourth-order valence-electron chi connectivity index (χ4n) is 1.61. The van der Waals surface area contributed by atoms with Gasteiger partial charge in [0.05, 0.1) is 10.5 Å². The van der Waals surface area contributed by atoms with E-state index in [4.69, 9.17) is 11.6 Å². The van der Waals surface area contributed by atoms with Gasteiger partial charge in [-0.3, -0.25) is 0 Å². The molecule has 128 valence electrons. The van der Waals surface area contributed by atoms with Gasteiger partial charge in [0.25, 0.3) is 0 Å². The Hall–Kier alpha value is -0.540. The first-order chi connectivity index (χ1) is 9.68. The molecule has 0 heterocycles. The number of halogens is 5. The molecular formula is C12H17Cl2F3N2O2S. The average molecular weight is 381 g/mol. The highest BCUT2D eigenvalue weighted by Gasteiger charge is 2.37. The lowest BCUT2D eigenvalue weighted by Gasteiger charge is -2.14. The quantitative estimate of drug-likeness (QED) is 0.714. The van der Waals surface area contributed by atoms with E-state index in [0.29, 0.717) is 19.2 Å². The fraction of sp³-hybridized carbons (Fsp3) is 0.500. The zero-order chi connectivity index (χ0) is 16.1. The van der Waals surface area contributed by atoms with Crippen LogP contribution in [0.1, 0.15) is 18.9 Å². The van der Waals surface area contributed by atoms with Crippen molar-refractivity contribution in [1.29, 1.82) is 0 Å². The highest BCUT2D eigenvalue weighted by Crippen LogP contribution is 2.35. The van der Waals surface area contributed by atoms with Crippen LogP contribution in [0.3, 0.4) is 0 Å². The average Bonchev–Trinajstić information content (AvgIpc) is 2.37. The van der Waals surface area contributed by atoms with Crippen LogP contribution in [0.5, 0.6) is 0 Å². The van der Waals surface area contributed by atoms with Crippen LogP contribution in [-0.2, 0) is 16.2 Å². The summed E-state index contributed by atoms with van der Waals surface area (Å²) in [6, 6.07) is 2.57. The molecule has 1 aromatic carbocycles. The topological polar surface area (TPSA) is 58.2 Å². The molecule has 0 saturated carbocycles. The van der Waals surface area contributed by atoms with Crippen LogP contribution in [0.15, 0.2) is 23.1 Å². The summed E-state index contributed by atoms with van der Waals surface area (Å²) in [6.07, 6.45) is -3.92. The molecule has 4 nitrogen and oxygen atoms in total. The second-order valence-corrected chi connectivity index (χ2v) is 6.46. The van der Waals surface area contributed by atoms with E-state index in [1.54, 1.807) is 0 Å². The van der Waals surface area contributed by atoms with E-state index in [9.17, 15) is 21.6 Å². The maximum Gasteiger partial charge on any atom is 0.417 e. The number of sulfonamides is 1. The van der Waals surface area contributed by atoms with Crippen LogP contribution in [0.4, 0.5) is 13.2 Å². The highest BCUT2D eigenvalue weighted by atomic mass is 35.5. The molecule has 2 N–H and O–H groups in total. The van der Waals surface area contributed by atoms with Crippen molar-refractivity contribution in [2.75, 3.05) is 19.6 Å². The third kappa shape index (κ3) is 6.29. The minimum Gasteiger partial charge on any atom is -0.315 e. The summed E-state index contributed by atoms with van der Waals surface area (Å²) >= 11 is 5.51. The zero-order valence-electron chi connectivity index (χ0n) is 11.7. The minimum absolute atomic E-state index is 0. The van der Waals surface area contributed by atoms with Gasteiger partial charge in [0.1, 0.15) is 0 Å². The van der Waals surface area contributed by atoms with Gasteiger partial charge in [-0.25, -0.2) is 13.1 Å². The molecule has 0 saturated heterocycles. The van der Waals surface area contributed by atoms with Crippen LogP contribution in [0, 0.1) is 0 Å². The summed E-state index contributed by atoms with van der Waals surface area (Å²) in [6.45, 7) is 2.99. The van der Waals surface area contributed by atoms with Crippen molar-refractivity contribution in [3.8, 4) is 0 Å². The van der Waals surface area contributed by atoms with E-state index in [0.717, 1.165) is 18.6 Å². The lowest BCUT2D eigenvalue weighted by molar-refractivity contribution is -0.139. The lowest BCUT2D eigenvalue weighted by atomic mass is 10.2. The second kappa shape index (κ2) is 8.93. The van der Waals surface area contributed by atoms with Crippen molar-refractivity contribution in [2.24, 2.45) is 0 Å². The maximum absolute atomic E-state index is 12.9. The van der Waals surface area contributed by atoms with E-state index in [1.165, 1.54) is 0 Å². The zero-order valence-corrected chi connectivity index (χ0v) is 14.1. The number of benzene rings is 1. The van der Waals surface area contributed by atoms with Crippen LogP contribution < -0.4 is 10.0 Å². The van der Waals surface area contributed by atoms with Crippen LogP contribution >= 0.6 is 24.0 Å². The van der Waals surface area contributed by atoms with E-state index < -0.39 is 26.7 Å². The molecule has 0 radical (unpaired) electrons. The number of hydrogen-bond donors (Lipinski definition) is 2.